The third-order valence-electron chi connectivity index (χ3n) is 5.33. The molecule has 0 saturated heterocycles. The Kier molecular flexibility index (Phi) is 4.70. The van der Waals surface area contributed by atoms with Crippen molar-refractivity contribution in [1.82, 2.24) is 10.3 Å². The van der Waals surface area contributed by atoms with E-state index in [4.69, 9.17) is 0 Å². The van der Waals surface area contributed by atoms with Crippen LogP contribution in [0.4, 0.5) is 18.9 Å². The van der Waals surface area contributed by atoms with Crippen molar-refractivity contribution in [3.05, 3.63) is 36.0 Å². The van der Waals surface area contributed by atoms with E-state index < -0.39 is 11.9 Å². The van der Waals surface area contributed by atoms with Crippen LogP contribution in [0.15, 0.2) is 30.3 Å². The van der Waals surface area contributed by atoms with Crippen molar-refractivity contribution in [3.63, 3.8) is 0 Å². The number of nitrogens with zero attached hydrogens (tertiary/aromatic N) is 1. The quantitative estimate of drug-likeness (QED) is 0.825. The zero-order chi connectivity index (χ0) is 19.0. The maximum atomic E-state index is 13.2. The molecule has 144 valence electrons. The van der Waals surface area contributed by atoms with Crippen molar-refractivity contribution >= 4 is 22.5 Å². The molecule has 2 fully saturated rings. The lowest BCUT2D eigenvalue weighted by molar-refractivity contribution is -0.140. The van der Waals surface area contributed by atoms with Crippen LogP contribution in [0.5, 0.6) is 0 Å². The fourth-order valence-electron chi connectivity index (χ4n) is 3.78. The van der Waals surface area contributed by atoms with Crippen LogP contribution in [0.3, 0.4) is 0 Å². The van der Waals surface area contributed by atoms with Crippen LogP contribution in [0, 0.1) is 5.92 Å². The number of pyridine rings is 1. The smallest absolute Gasteiger partial charge is 0.382 e. The van der Waals surface area contributed by atoms with Gasteiger partial charge in [-0.05, 0) is 50.7 Å². The highest BCUT2D eigenvalue weighted by atomic mass is 19.4. The summed E-state index contributed by atoms with van der Waals surface area (Å²) in [5.41, 5.74) is -0.116. The molecule has 2 saturated carbocycles. The number of aromatic nitrogens is 1. The topological polar surface area (TPSA) is 54.0 Å². The number of nitrogens with one attached hydrogen (secondary N) is 2. The van der Waals surface area contributed by atoms with Gasteiger partial charge >= 0.3 is 6.18 Å². The summed E-state index contributed by atoms with van der Waals surface area (Å²) in [4.78, 5) is 15.8. The van der Waals surface area contributed by atoms with Crippen LogP contribution in [0.2, 0.25) is 0 Å². The van der Waals surface area contributed by atoms with Crippen molar-refractivity contribution in [3.8, 4) is 0 Å². The molecule has 1 amide bonds. The van der Waals surface area contributed by atoms with Gasteiger partial charge in [0.05, 0.1) is 5.52 Å². The maximum absolute atomic E-state index is 13.2. The molecule has 0 radical (unpaired) electrons. The molecule has 4 rings (SSSR count). The van der Waals surface area contributed by atoms with Crippen molar-refractivity contribution < 1.29 is 18.0 Å². The summed E-state index contributed by atoms with van der Waals surface area (Å²) in [5, 5.41) is 7.07. The zero-order valence-corrected chi connectivity index (χ0v) is 14.9. The first-order chi connectivity index (χ1) is 12.9. The third-order valence-corrected chi connectivity index (χ3v) is 5.33. The first kappa shape index (κ1) is 18.1. The van der Waals surface area contributed by atoms with Crippen molar-refractivity contribution in [2.24, 2.45) is 5.92 Å². The summed E-state index contributed by atoms with van der Waals surface area (Å²) in [7, 11) is 0. The average Bonchev–Trinajstić information content (AvgIpc) is 3.46. The minimum Gasteiger partial charge on any atom is -0.382 e. The van der Waals surface area contributed by atoms with Crippen LogP contribution >= 0.6 is 0 Å². The Balaban J connectivity index is 1.54. The Hall–Kier alpha value is -2.31. The number of carbonyl (C=O) groups excluding carboxylic acids is 1. The molecule has 1 aromatic carbocycles. The number of carbonyl (C=O) groups is 1. The molecule has 2 aliphatic carbocycles. The lowest BCUT2D eigenvalue weighted by atomic mass is 9.90. The molecule has 2 aliphatic rings. The molecule has 2 N–H and O–H groups in total. The van der Waals surface area contributed by atoms with Crippen LogP contribution in [-0.4, -0.2) is 23.0 Å². The number of alkyl halides is 3. The van der Waals surface area contributed by atoms with Gasteiger partial charge in [-0.2, -0.15) is 13.2 Å². The van der Waals surface area contributed by atoms with E-state index in [-0.39, 0.29) is 23.9 Å². The number of fused-ring (bicyclic) bond motifs is 1. The van der Waals surface area contributed by atoms with E-state index in [1.165, 1.54) is 0 Å². The number of halogens is 3. The predicted octanol–water partition coefficient (Wildman–Crippen LogP) is 4.50. The van der Waals surface area contributed by atoms with Gasteiger partial charge in [-0.1, -0.05) is 18.2 Å². The monoisotopic (exact) mass is 377 g/mol. The van der Waals surface area contributed by atoms with E-state index in [1.807, 2.05) is 0 Å². The maximum Gasteiger partial charge on any atom is 0.433 e. The number of hydrogen-bond donors (Lipinski definition) is 2. The highest BCUT2D eigenvalue weighted by molar-refractivity contribution is 5.91. The van der Waals surface area contributed by atoms with Gasteiger partial charge in [0.25, 0.3) is 0 Å². The second-order valence-corrected chi connectivity index (χ2v) is 7.56. The molecule has 1 heterocycles. The lowest BCUT2D eigenvalue weighted by Gasteiger charge is -2.31. The van der Waals surface area contributed by atoms with E-state index in [0.717, 1.165) is 44.6 Å². The minimum absolute atomic E-state index is 0.0233. The van der Waals surface area contributed by atoms with Gasteiger partial charge in [-0.25, -0.2) is 4.98 Å². The fourth-order valence-corrected chi connectivity index (χ4v) is 3.78. The van der Waals surface area contributed by atoms with Crippen LogP contribution in [-0.2, 0) is 11.0 Å². The molecule has 2 atom stereocenters. The van der Waals surface area contributed by atoms with E-state index in [2.05, 4.69) is 15.6 Å². The first-order valence-electron chi connectivity index (χ1n) is 9.44. The Bertz CT molecular complexity index is 848. The van der Waals surface area contributed by atoms with Gasteiger partial charge in [0, 0.05) is 29.1 Å². The minimum atomic E-state index is -4.49. The number of amides is 1. The molecule has 7 heteroatoms. The molecule has 0 aliphatic heterocycles. The molecule has 4 nitrogen and oxygen atoms in total. The summed E-state index contributed by atoms with van der Waals surface area (Å²) in [5.74, 6) is 0.284. The Morgan fingerprint density at radius 3 is 2.56 bits per heavy atom. The summed E-state index contributed by atoms with van der Waals surface area (Å²) in [6, 6.07) is 8.05. The van der Waals surface area contributed by atoms with E-state index in [1.54, 1.807) is 24.3 Å². The molecule has 0 spiro atoms. The van der Waals surface area contributed by atoms with Gasteiger partial charge in [0.15, 0.2) is 0 Å². The normalized spacial score (nSPS) is 23.2. The van der Waals surface area contributed by atoms with Crippen molar-refractivity contribution in [1.29, 1.82) is 0 Å². The van der Waals surface area contributed by atoms with Crippen molar-refractivity contribution in [2.45, 2.75) is 56.8 Å². The Morgan fingerprint density at radius 1 is 1.07 bits per heavy atom. The predicted molar refractivity (Wildman–Crippen MR) is 97.3 cm³/mol. The van der Waals surface area contributed by atoms with E-state index in [0.29, 0.717) is 16.6 Å². The lowest BCUT2D eigenvalue weighted by Crippen LogP contribution is -2.42. The standard InChI is InChI=1S/C20H22F3N3O/c21-20(22,23)18-11-17(15-6-1-2-7-16(15)26-18)24-13-4-3-5-14(10-13)25-19(27)12-8-9-12/h1-2,6-7,11-14H,3-5,8-10H2,(H,24,26)(H,25,27)/t13-,14?/m0/s1. The molecule has 0 bridgehead atoms. The number of para-hydroxylation sites is 1. The van der Waals surface area contributed by atoms with E-state index >= 15 is 0 Å². The van der Waals surface area contributed by atoms with Gasteiger partial charge in [0.2, 0.25) is 5.91 Å². The number of benzene rings is 1. The molecular weight excluding hydrogens is 355 g/mol. The van der Waals surface area contributed by atoms with Crippen molar-refractivity contribution in [2.75, 3.05) is 5.32 Å². The molecule has 1 unspecified atom stereocenters. The van der Waals surface area contributed by atoms with Gasteiger partial charge < -0.3 is 10.6 Å². The van der Waals surface area contributed by atoms with Crippen LogP contribution < -0.4 is 10.6 Å². The third kappa shape index (κ3) is 4.17. The average molecular weight is 377 g/mol. The SMILES string of the molecule is O=C(NC1CCC[C@H](Nc2cc(C(F)(F)F)nc3ccccc23)C1)C1CC1. The Morgan fingerprint density at radius 2 is 1.81 bits per heavy atom. The highest BCUT2D eigenvalue weighted by Gasteiger charge is 2.34. The second kappa shape index (κ2) is 7.02. The first-order valence-corrected chi connectivity index (χ1v) is 9.44. The summed E-state index contributed by atoms with van der Waals surface area (Å²) < 4.78 is 39.7. The molecule has 2 aromatic rings. The van der Waals surface area contributed by atoms with Crippen LogP contribution in [0.25, 0.3) is 10.9 Å². The van der Waals surface area contributed by atoms with Gasteiger partial charge in [0.1, 0.15) is 5.69 Å². The largest absolute Gasteiger partial charge is 0.433 e. The second-order valence-electron chi connectivity index (χ2n) is 7.56. The fraction of sp³-hybridized carbons (Fsp3) is 0.500. The highest BCUT2D eigenvalue weighted by Crippen LogP contribution is 2.34. The molecule has 1 aromatic heterocycles. The van der Waals surface area contributed by atoms with Gasteiger partial charge in [-0.15, -0.1) is 0 Å². The number of rotatable bonds is 4. The summed E-state index contributed by atoms with van der Waals surface area (Å²) >= 11 is 0. The summed E-state index contributed by atoms with van der Waals surface area (Å²) in [6.07, 6.45) is 0.870. The summed E-state index contributed by atoms with van der Waals surface area (Å²) in [6.45, 7) is 0. The number of hydrogen-bond acceptors (Lipinski definition) is 3. The Labute approximate surface area is 155 Å². The van der Waals surface area contributed by atoms with Gasteiger partial charge in [-0.3, -0.25) is 4.79 Å². The van der Waals surface area contributed by atoms with E-state index in [9.17, 15) is 18.0 Å². The number of anilines is 1. The molecule has 27 heavy (non-hydrogen) atoms. The molecular formula is C20H22F3N3O. The van der Waals surface area contributed by atoms with Crippen LogP contribution in [0.1, 0.15) is 44.2 Å². The zero-order valence-electron chi connectivity index (χ0n) is 14.9.